The molecule has 1 saturated carbocycles. The summed E-state index contributed by atoms with van der Waals surface area (Å²) in [4.78, 5) is 16.3. The summed E-state index contributed by atoms with van der Waals surface area (Å²) in [5.41, 5.74) is 8.08. The third-order valence-electron chi connectivity index (χ3n) is 2.46. The second kappa shape index (κ2) is 4.75. The van der Waals surface area contributed by atoms with Gasteiger partial charge in [-0.25, -0.2) is 5.48 Å². The van der Waals surface area contributed by atoms with Crippen LogP contribution in [0.5, 0.6) is 0 Å². The second-order valence-corrected chi connectivity index (χ2v) is 4.62. The molecule has 1 rings (SSSR count). The van der Waals surface area contributed by atoms with Gasteiger partial charge in [0.25, 0.3) is 0 Å². The molecule has 0 atom stereocenters. The van der Waals surface area contributed by atoms with Crippen LogP contribution in [0.1, 0.15) is 39.5 Å². The van der Waals surface area contributed by atoms with Crippen LogP contribution in [0.15, 0.2) is 0 Å². The van der Waals surface area contributed by atoms with Crippen molar-refractivity contribution in [2.75, 3.05) is 6.61 Å². The Hall–Kier alpha value is -0.610. The molecule has 0 spiro atoms. The van der Waals surface area contributed by atoms with Gasteiger partial charge in [-0.2, -0.15) is 0 Å². The largest absolute Gasteiger partial charge is 0.325 e. The molecule has 1 amide bonds. The molecule has 14 heavy (non-hydrogen) atoms. The number of hydroxylamine groups is 1. The Morgan fingerprint density at radius 1 is 1.57 bits per heavy atom. The molecule has 82 valence electrons. The third-order valence-corrected chi connectivity index (χ3v) is 2.46. The monoisotopic (exact) mass is 200 g/mol. The normalized spacial score (nSPS) is 19.1. The lowest BCUT2D eigenvalue weighted by atomic mass is 9.75. The molecule has 0 aliphatic heterocycles. The first-order valence-corrected chi connectivity index (χ1v) is 5.21. The molecule has 0 radical (unpaired) electrons. The van der Waals surface area contributed by atoms with Crippen LogP contribution in [0.3, 0.4) is 0 Å². The summed E-state index contributed by atoms with van der Waals surface area (Å²) in [6.45, 7) is 4.61. The Morgan fingerprint density at radius 3 is 2.64 bits per heavy atom. The minimum absolute atomic E-state index is 0.104. The number of carbonyl (C=O) groups is 1. The van der Waals surface area contributed by atoms with Gasteiger partial charge in [-0.05, 0) is 25.2 Å². The highest BCUT2D eigenvalue weighted by atomic mass is 16.6. The number of hydrogen-bond donors (Lipinski definition) is 2. The summed E-state index contributed by atoms with van der Waals surface area (Å²) in [6.07, 6.45) is 3.41. The standard InChI is InChI=1S/C10H20N2O2/c1-8(2)7-14-12-9(13)6-10(11)4-3-5-10/h8H,3-7,11H2,1-2H3,(H,12,13). The van der Waals surface area contributed by atoms with E-state index in [9.17, 15) is 4.79 Å². The van der Waals surface area contributed by atoms with Gasteiger partial charge in [0.1, 0.15) is 0 Å². The van der Waals surface area contributed by atoms with Crippen molar-refractivity contribution in [1.29, 1.82) is 0 Å². The van der Waals surface area contributed by atoms with E-state index in [0.717, 1.165) is 19.3 Å². The fraction of sp³-hybridized carbons (Fsp3) is 0.900. The van der Waals surface area contributed by atoms with Gasteiger partial charge in [0.15, 0.2) is 0 Å². The van der Waals surface area contributed by atoms with Crippen molar-refractivity contribution in [2.24, 2.45) is 11.7 Å². The van der Waals surface area contributed by atoms with E-state index < -0.39 is 0 Å². The van der Waals surface area contributed by atoms with E-state index in [-0.39, 0.29) is 11.4 Å². The number of nitrogens with one attached hydrogen (secondary N) is 1. The number of hydrogen-bond acceptors (Lipinski definition) is 3. The van der Waals surface area contributed by atoms with Gasteiger partial charge in [0.2, 0.25) is 5.91 Å². The van der Waals surface area contributed by atoms with Crippen LogP contribution in [-0.2, 0) is 9.63 Å². The number of nitrogens with two attached hydrogens (primary N) is 1. The summed E-state index contributed by atoms with van der Waals surface area (Å²) < 4.78 is 0. The predicted molar refractivity (Wildman–Crippen MR) is 54.3 cm³/mol. The zero-order chi connectivity index (χ0) is 10.6. The highest BCUT2D eigenvalue weighted by Gasteiger charge is 2.34. The Kier molecular flexibility index (Phi) is 3.89. The molecular weight excluding hydrogens is 180 g/mol. The molecule has 4 heteroatoms. The lowest BCUT2D eigenvalue weighted by molar-refractivity contribution is -0.136. The SMILES string of the molecule is CC(C)CONC(=O)CC1(N)CCC1. The predicted octanol–water partition coefficient (Wildman–Crippen LogP) is 0.962. The van der Waals surface area contributed by atoms with Gasteiger partial charge < -0.3 is 5.73 Å². The highest BCUT2D eigenvalue weighted by molar-refractivity contribution is 5.76. The van der Waals surface area contributed by atoms with E-state index in [4.69, 9.17) is 10.6 Å². The summed E-state index contributed by atoms with van der Waals surface area (Å²) in [6, 6.07) is 0. The number of rotatable bonds is 5. The molecule has 0 aromatic carbocycles. The zero-order valence-corrected chi connectivity index (χ0v) is 9.01. The van der Waals surface area contributed by atoms with Crippen LogP contribution in [0.4, 0.5) is 0 Å². The first kappa shape index (κ1) is 11.5. The minimum atomic E-state index is -0.259. The first-order chi connectivity index (χ1) is 6.52. The summed E-state index contributed by atoms with van der Waals surface area (Å²) in [7, 11) is 0. The van der Waals surface area contributed by atoms with E-state index in [1.54, 1.807) is 0 Å². The van der Waals surface area contributed by atoms with Crippen molar-refractivity contribution < 1.29 is 9.63 Å². The van der Waals surface area contributed by atoms with Crippen LogP contribution >= 0.6 is 0 Å². The van der Waals surface area contributed by atoms with Gasteiger partial charge in [-0.1, -0.05) is 13.8 Å². The average Bonchev–Trinajstić information content (AvgIpc) is 2.00. The molecule has 3 N–H and O–H groups in total. The van der Waals surface area contributed by atoms with Gasteiger partial charge in [-0.3, -0.25) is 9.63 Å². The third kappa shape index (κ3) is 3.64. The van der Waals surface area contributed by atoms with E-state index in [1.807, 2.05) is 13.8 Å². The lowest BCUT2D eigenvalue weighted by Gasteiger charge is -2.37. The lowest BCUT2D eigenvalue weighted by Crippen LogP contribution is -2.50. The number of amides is 1. The van der Waals surface area contributed by atoms with Gasteiger partial charge in [0, 0.05) is 12.0 Å². The molecule has 1 aliphatic carbocycles. The van der Waals surface area contributed by atoms with Gasteiger partial charge in [0.05, 0.1) is 6.61 Å². The molecule has 1 fully saturated rings. The summed E-state index contributed by atoms with van der Waals surface area (Å²) in [5, 5.41) is 0. The molecule has 1 aliphatic rings. The van der Waals surface area contributed by atoms with Crippen molar-refractivity contribution in [1.82, 2.24) is 5.48 Å². The maximum Gasteiger partial charge on any atom is 0.245 e. The molecule has 0 unspecified atom stereocenters. The van der Waals surface area contributed by atoms with Crippen LogP contribution < -0.4 is 11.2 Å². The summed E-state index contributed by atoms with van der Waals surface area (Å²) >= 11 is 0. The molecule has 0 heterocycles. The van der Waals surface area contributed by atoms with Crippen molar-refractivity contribution in [3.05, 3.63) is 0 Å². The molecule has 4 nitrogen and oxygen atoms in total. The zero-order valence-electron chi connectivity index (χ0n) is 9.01. The fourth-order valence-corrected chi connectivity index (χ4v) is 1.45. The maximum atomic E-state index is 11.3. The van der Waals surface area contributed by atoms with E-state index in [1.165, 1.54) is 0 Å². The van der Waals surface area contributed by atoms with Gasteiger partial charge in [-0.15, -0.1) is 0 Å². The first-order valence-electron chi connectivity index (χ1n) is 5.21. The quantitative estimate of drug-likeness (QED) is 0.650. The van der Waals surface area contributed by atoms with E-state index in [2.05, 4.69) is 5.48 Å². The van der Waals surface area contributed by atoms with Crippen molar-refractivity contribution >= 4 is 5.91 Å². The van der Waals surface area contributed by atoms with Crippen molar-refractivity contribution in [3.8, 4) is 0 Å². The topological polar surface area (TPSA) is 64.3 Å². The summed E-state index contributed by atoms with van der Waals surface area (Å²) in [5.74, 6) is 0.318. The molecular formula is C10H20N2O2. The van der Waals surface area contributed by atoms with Crippen LogP contribution in [0, 0.1) is 5.92 Å². The van der Waals surface area contributed by atoms with Gasteiger partial charge >= 0.3 is 0 Å². The average molecular weight is 200 g/mol. The Morgan fingerprint density at radius 2 is 2.21 bits per heavy atom. The Balaban J connectivity index is 2.10. The molecule has 0 bridgehead atoms. The molecule has 0 saturated heterocycles. The van der Waals surface area contributed by atoms with Crippen LogP contribution in [0.2, 0.25) is 0 Å². The molecule has 0 aromatic rings. The Labute approximate surface area is 85.1 Å². The molecule has 0 aromatic heterocycles. The van der Waals surface area contributed by atoms with Crippen molar-refractivity contribution in [2.45, 2.75) is 45.1 Å². The van der Waals surface area contributed by atoms with Crippen LogP contribution in [-0.4, -0.2) is 18.1 Å². The van der Waals surface area contributed by atoms with Crippen LogP contribution in [0.25, 0.3) is 0 Å². The van der Waals surface area contributed by atoms with E-state index in [0.29, 0.717) is 18.9 Å². The highest BCUT2D eigenvalue weighted by Crippen LogP contribution is 2.31. The number of carbonyl (C=O) groups excluding carboxylic acids is 1. The maximum absolute atomic E-state index is 11.3. The van der Waals surface area contributed by atoms with Crippen molar-refractivity contribution in [3.63, 3.8) is 0 Å². The fourth-order valence-electron chi connectivity index (χ4n) is 1.45. The van der Waals surface area contributed by atoms with E-state index >= 15 is 0 Å². The minimum Gasteiger partial charge on any atom is -0.325 e. The smallest absolute Gasteiger partial charge is 0.245 e. The second-order valence-electron chi connectivity index (χ2n) is 4.62. The Bertz CT molecular complexity index is 200.